The largest absolute Gasteiger partial charge is 0.508 e. The highest BCUT2D eigenvalue weighted by Crippen LogP contribution is 2.14. The zero-order valence-electron chi connectivity index (χ0n) is 34.2. The van der Waals surface area contributed by atoms with Crippen molar-refractivity contribution in [2.75, 3.05) is 6.61 Å². The topological polar surface area (TPSA) is 342 Å². The molecule has 0 fully saturated rings. The van der Waals surface area contributed by atoms with E-state index >= 15 is 0 Å². The van der Waals surface area contributed by atoms with Crippen molar-refractivity contribution in [2.45, 2.75) is 109 Å². The molecule has 2 rings (SSSR count). The lowest BCUT2D eigenvalue weighted by molar-refractivity contribution is -0.142. The van der Waals surface area contributed by atoms with Gasteiger partial charge in [0.2, 0.25) is 41.4 Å². The number of hydrogen-bond acceptors (Lipinski definition) is 12. The van der Waals surface area contributed by atoms with E-state index in [4.69, 9.17) is 11.5 Å². The highest BCUT2D eigenvalue weighted by atomic mass is 16.4. The van der Waals surface area contributed by atoms with Crippen molar-refractivity contribution in [3.63, 3.8) is 0 Å². The van der Waals surface area contributed by atoms with Crippen LogP contribution in [0, 0.1) is 11.8 Å². The first-order chi connectivity index (χ1) is 28.1. The third kappa shape index (κ3) is 16.6. The molecular weight excluding hydrogens is 784 g/mol. The van der Waals surface area contributed by atoms with E-state index in [2.05, 4.69) is 31.9 Å². The lowest BCUT2D eigenvalue weighted by atomic mass is 10.0. The molecule has 20 heteroatoms. The van der Waals surface area contributed by atoms with Crippen LogP contribution in [0.4, 0.5) is 0 Å². The van der Waals surface area contributed by atoms with E-state index in [-0.39, 0.29) is 36.8 Å². The lowest BCUT2D eigenvalue weighted by Crippen LogP contribution is -2.62. The molecule has 0 spiro atoms. The third-order valence-electron chi connectivity index (χ3n) is 9.18. The standard InChI is InChI=1S/C40H58N8O12/c1-20(2)15-29(40(59)60)46-35(54)27(17-24-11-13-25(51)14-12-24)43-34(53)26(16-23-9-7-6-8-10-23)44-37(56)30(19-49)47-36(55)28(18-31(41)52)45-39(58)33(22(5)50)48-38(57)32(42)21(3)4/h6-14,20-22,26-30,32-33,49-51H,15-19,42H2,1-5H3,(H2,41,52)(H,43,53)(H,44,56)(H,45,58)(H,46,54)(H,47,55)(H,48,57)(H,59,60)/t22-,26+,27+,28+,29+,30+,32+,33+/m1/s1. The maximum Gasteiger partial charge on any atom is 0.326 e. The molecule has 0 aromatic heterocycles. The number of nitrogens with two attached hydrogens (primary N) is 2. The van der Waals surface area contributed by atoms with Gasteiger partial charge in [0, 0.05) is 12.8 Å². The van der Waals surface area contributed by atoms with Crippen LogP contribution in [0.1, 0.15) is 58.6 Å². The van der Waals surface area contributed by atoms with Gasteiger partial charge >= 0.3 is 5.97 Å². The number of carboxylic acids is 1. The van der Waals surface area contributed by atoms with Crippen LogP contribution >= 0.6 is 0 Å². The van der Waals surface area contributed by atoms with Gasteiger partial charge in [0.05, 0.1) is 25.2 Å². The van der Waals surface area contributed by atoms with Gasteiger partial charge in [-0.15, -0.1) is 0 Å². The molecule has 0 saturated carbocycles. The van der Waals surface area contributed by atoms with Crippen LogP contribution in [0.3, 0.4) is 0 Å². The second kappa shape index (κ2) is 24.1. The molecule has 0 unspecified atom stereocenters. The number of carboxylic acid groups (broad SMARTS) is 1. The minimum Gasteiger partial charge on any atom is -0.508 e. The summed E-state index contributed by atoms with van der Waals surface area (Å²) in [7, 11) is 0. The molecule has 14 N–H and O–H groups in total. The maximum absolute atomic E-state index is 14.0. The van der Waals surface area contributed by atoms with E-state index in [1.807, 2.05) is 0 Å². The Bertz CT molecular complexity index is 1790. The third-order valence-corrected chi connectivity index (χ3v) is 9.18. The SMILES string of the molecule is CC(C)C[C@H](NC(=O)[C@H](Cc1ccc(O)cc1)NC(=O)[C@H](Cc1ccccc1)NC(=O)[C@H](CO)NC(=O)[C@H](CC(N)=O)NC(=O)[C@@H](NC(=O)[C@@H](N)C(C)C)[C@@H](C)O)C(=O)O. The molecule has 0 aliphatic heterocycles. The molecule has 0 radical (unpaired) electrons. The summed E-state index contributed by atoms with van der Waals surface area (Å²) < 4.78 is 0. The minimum absolute atomic E-state index is 0.0640. The van der Waals surface area contributed by atoms with Crippen molar-refractivity contribution >= 4 is 47.3 Å². The first-order valence-electron chi connectivity index (χ1n) is 19.3. The summed E-state index contributed by atoms with van der Waals surface area (Å²) in [5.74, 6) is -8.82. The van der Waals surface area contributed by atoms with Crippen molar-refractivity contribution < 1.29 is 58.8 Å². The molecule has 0 aliphatic rings. The van der Waals surface area contributed by atoms with E-state index in [1.54, 1.807) is 58.0 Å². The fraction of sp³-hybridized carbons (Fsp3) is 0.500. The van der Waals surface area contributed by atoms with Crippen LogP contribution in [0.5, 0.6) is 5.75 Å². The zero-order valence-corrected chi connectivity index (χ0v) is 34.2. The highest BCUT2D eigenvalue weighted by molar-refractivity contribution is 5.98. The van der Waals surface area contributed by atoms with Gasteiger partial charge in [0.1, 0.15) is 42.0 Å². The molecule has 330 valence electrons. The number of carbonyl (C=O) groups excluding carboxylic acids is 7. The van der Waals surface area contributed by atoms with Gasteiger partial charge < -0.3 is 63.8 Å². The van der Waals surface area contributed by atoms with Crippen LogP contribution in [0.2, 0.25) is 0 Å². The van der Waals surface area contributed by atoms with Gasteiger partial charge in [0.25, 0.3) is 0 Å². The van der Waals surface area contributed by atoms with Crippen molar-refractivity contribution in [1.82, 2.24) is 31.9 Å². The van der Waals surface area contributed by atoms with Gasteiger partial charge in [0.15, 0.2) is 0 Å². The molecule has 0 bridgehead atoms. The zero-order chi connectivity index (χ0) is 45.3. The molecule has 2 aromatic carbocycles. The molecule has 8 atom stereocenters. The smallest absolute Gasteiger partial charge is 0.326 e. The summed E-state index contributed by atoms with van der Waals surface area (Å²) in [5.41, 5.74) is 12.2. The predicted octanol–water partition coefficient (Wildman–Crippen LogP) is -2.55. The second-order valence-corrected chi connectivity index (χ2v) is 15.2. The average molecular weight is 843 g/mol. The number of nitrogens with one attached hydrogen (secondary N) is 6. The second-order valence-electron chi connectivity index (χ2n) is 15.2. The Balaban J connectivity index is 2.39. The number of benzene rings is 2. The van der Waals surface area contributed by atoms with Crippen LogP contribution in [-0.2, 0) is 51.2 Å². The Morgan fingerprint density at radius 2 is 1.05 bits per heavy atom. The predicted molar refractivity (Wildman–Crippen MR) is 216 cm³/mol. The molecule has 0 heterocycles. The number of phenols is 1. The van der Waals surface area contributed by atoms with Crippen molar-refractivity contribution in [3.05, 3.63) is 65.7 Å². The van der Waals surface area contributed by atoms with E-state index in [9.17, 15) is 58.8 Å². The molecule has 0 saturated heterocycles. The van der Waals surface area contributed by atoms with E-state index in [1.165, 1.54) is 31.2 Å². The fourth-order valence-corrected chi connectivity index (χ4v) is 5.74. The molecule has 20 nitrogen and oxygen atoms in total. The normalized spacial score (nSPS) is 15.2. The summed E-state index contributed by atoms with van der Waals surface area (Å²) in [4.78, 5) is 104. The Labute approximate surface area is 347 Å². The van der Waals surface area contributed by atoms with Crippen LogP contribution in [0.15, 0.2) is 54.6 Å². The number of carbonyl (C=O) groups is 8. The summed E-state index contributed by atoms with van der Waals surface area (Å²) in [6.45, 7) is 6.98. The number of aliphatic hydroxyl groups excluding tert-OH is 2. The molecule has 0 aliphatic carbocycles. The number of hydrogen-bond donors (Lipinski definition) is 12. The summed E-state index contributed by atoms with van der Waals surface area (Å²) in [6, 6.07) is 3.65. The van der Waals surface area contributed by atoms with Gasteiger partial charge in [-0.3, -0.25) is 33.6 Å². The Morgan fingerprint density at radius 3 is 1.50 bits per heavy atom. The first kappa shape index (κ1) is 50.0. The Hall–Kier alpha value is -6.12. The summed E-state index contributed by atoms with van der Waals surface area (Å²) >= 11 is 0. The van der Waals surface area contributed by atoms with Crippen LogP contribution < -0.4 is 43.4 Å². The van der Waals surface area contributed by atoms with Gasteiger partial charge in [-0.2, -0.15) is 0 Å². The number of primary amides is 1. The maximum atomic E-state index is 14.0. The van der Waals surface area contributed by atoms with Gasteiger partial charge in [-0.25, -0.2) is 4.79 Å². The number of phenolic OH excluding ortho intramolecular Hbond substituents is 1. The number of aliphatic carboxylic acids is 1. The van der Waals surface area contributed by atoms with E-state index in [0.717, 1.165) is 0 Å². The highest BCUT2D eigenvalue weighted by Gasteiger charge is 2.35. The van der Waals surface area contributed by atoms with Gasteiger partial charge in [-0.05, 0) is 48.4 Å². The monoisotopic (exact) mass is 842 g/mol. The summed E-state index contributed by atoms with van der Waals surface area (Å²) in [5, 5.41) is 54.2. The number of aliphatic hydroxyl groups is 2. The van der Waals surface area contributed by atoms with Crippen molar-refractivity contribution in [3.8, 4) is 5.75 Å². The molecule has 7 amide bonds. The van der Waals surface area contributed by atoms with E-state index < -0.39 is 109 Å². The Kier molecular flexibility index (Phi) is 20.1. The molecular formula is C40H58N8O12. The van der Waals surface area contributed by atoms with Crippen LogP contribution in [0.25, 0.3) is 0 Å². The Morgan fingerprint density at radius 1 is 0.600 bits per heavy atom. The number of rotatable bonds is 24. The average Bonchev–Trinajstić information content (AvgIpc) is 3.17. The quantitative estimate of drug-likeness (QED) is 0.0519. The van der Waals surface area contributed by atoms with Crippen molar-refractivity contribution in [1.29, 1.82) is 0 Å². The van der Waals surface area contributed by atoms with E-state index in [0.29, 0.717) is 11.1 Å². The molecule has 60 heavy (non-hydrogen) atoms. The fourth-order valence-electron chi connectivity index (χ4n) is 5.74. The molecule has 2 aromatic rings. The number of amides is 7. The van der Waals surface area contributed by atoms with Gasteiger partial charge in [-0.1, -0.05) is 70.2 Å². The van der Waals surface area contributed by atoms with Crippen LogP contribution in [-0.4, -0.2) is 123 Å². The number of aromatic hydroxyl groups is 1. The lowest BCUT2D eigenvalue weighted by Gasteiger charge is -2.28. The summed E-state index contributed by atoms with van der Waals surface area (Å²) in [6.07, 6.45) is -2.57. The first-order valence-corrected chi connectivity index (χ1v) is 19.3. The minimum atomic E-state index is -1.80. The van der Waals surface area contributed by atoms with Crippen molar-refractivity contribution in [2.24, 2.45) is 23.3 Å².